The highest BCUT2D eigenvalue weighted by Gasteiger charge is 2.42. The number of rotatable bonds is 0. The molecule has 90 valence electrons. The summed E-state index contributed by atoms with van der Waals surface area (Å²) in [6.07, 6.45) is 4.63. The van der Waals surface area contributed by atoms with Gasteiger partial charge in [0.2, 0.25) is 0 Å². The molecule has 0 spiro atoms. The van der Waals surface area contributed by atoms with Crippen LogP contribution in [0, 0.1) is 23.7 Å². The van der Waals surface area contributed by atoms with Crippen molar-refractivity contribution in [3.8, 4) is 0 Å². The van der Waals surface area contributed by atoms with E-state index in [0.29, 0.717) is 0 Å². The van der Waals surface area contributed by atoms with Crippen LogP contribution in [-0.2, 0) is 0 Å². The van der Waals surface area contributed by atoms with Gasteiger partial charge in [0.25, 0.3) is 0 Å². The van der Waals surface area contributed by atoms with Crippen molar-refractivity contribution in [1.29, 1.82) is 0 Å². The maximum absolute atomic E-state index is 3.00. The van der Waals surface area contributed by atoms with E-state index in [9.17, 15) is 0 Å². The minimum atomic E-state index is 1.05. The molecule has 0 saturated heterocycles. The van der Waals surface area contributed by atoms with Crippen LogP contribution in [-0.4, -0.2) is 0 Å². The lowest BCUT2D eigenvalue weighted by Gasteiger charge is -2.24. The van der Waals surface area contributed by atoms with Gasteiger partial charge in [0, 0.05) is 0 Å². The van der Waals surface area contributed by atoms with E-state index in [1.54, 1.807) is 6.42 Å². The van der Waals surface area contributed by atoms with E-state index in [4.69, 9.17) is 0 Å². The molecule has 0 radical (unpaired) electrons. The summed E-state index contributed by atoms with van der Waals surface area (Å²) in [5.74, 6) is 4.32. The fourth-order valence-electron chi connectivity index (χ4n) is 2.87. The smallest absolute Gasteiger partial charge is 0.0383 e. The fourth-order valence-corrected chi connectivity index (χ4v) is 2.87. The first kappa shape index (κ1) is 16.9. The van der Waals surface area contributed by atoms with Crippen LogP contribution >= 0.6 is 0 Å². The van der Waals surface area contributed by atoms with Crippen LogP contribution in [0.4, 0.5) is 0 Å². The Labute approximate surface area is 97.5 Å². The molecule has 4 atom stereocenters. The van der Waals surface area contributed by atoms with Gasteiger partial charge in [0.15, 0.2) is 0 Å². The average molecular weight is 210 g/mol. The van der Waals surface area contributed by atoms with Gasteiger partial charge < -0.3 is 0 Å². The number of hydrogen-bond donors (Lipinski definition) is 0. The molecule has 0 aromatic rings. The van der Waals surface area contributed by atoms with Gasteiger partial charge in [-0.05, 0) is 42.9 Å². The maximum Gasteiger partial charge on any atom is -0.0383 e. The molecule has 2 rings (SSSR count). The summed E-state index contributed by atoms with van der Waals surface area (Å²) in [6, 6.07) is 0. The van der Waals surface area contributed by atoms with E-state index in [1.807, 2.05) is 13.8 Å². The topological polar surface area (TPSA) is 0 Å². The molecule has 0 heterocycles. The molecule has 0 aliphatic heterocycles. The zero-order valence-corrected chi connectivity index (χ0v) is 11.3. The average Bonchev–Trinajstić information content (AvgIpc) is 2.92. The second kappa shape index (κ2) is 10.0. The Hall–Kier alpha value is -0.520. The molecule has 0 N–H and O–H groups in total. The van der Waals surface area contributed by atoms with Crippen molar-refractivity contribution >= 4 is 0 Å². The van der Waals surface area contributed by atoms with Crippen LogP contribution < -0.4 is 0 Å². The van der Waals surface area contributed by atoms with Gasteiger partial charge in [-0.3, -0.25) is 0 Å². The summed E-state index contributed by atoms with van der Waals surface area (Å²) in [4.78, 5) is 0. The van der Waals surface area contributed by atoms with Crippen LogP contribution in [0.25, 0.3) is 0 Å². The third-order valence-corrected chi connectivity index (χ3v) is 3.83. The zero-order chi connectivity index (χ0) is 12.4. The predicted molar refractivity (Wildman–Crippen MR) is 73.0 cm³/mol. The van der Waals surface area contributed by atoms with Crippen LogP contribution in [0.15, 0.2) is 26.3 Å². The van der Waals surface area contributed by atoms with Crippen molar-refractivity contribution in [3.05, 3.63) is 26.3 Å². The maximum atomic E-state index is 3.00. The Kier molecular flexibility index (Phi) is 11.3. The minimum Gasteiger partial charge on any atom is -0.106 e. The lowest BCUT2D eigenvalue weighted by molar-refractivity contribution is 0.259. The van der Waals surface area contributed by atoms with Crippen molar-refractivity contribution in [3.63, 3.8) is 0 Å². The summed E-state index contributed by atoms with van der Waals surface area (Å²) in [6.45, 7) is 20.9. The molecule has 2 aliphatic carbocycles. The van der Waals surface area contributed by atoms with Crippen molar-refractivity contribution in [2.75, 3.05) is 0 Å². The Morgan fingerprint density at radius 2 is 1.00 bits per heavy atom. The van der Waals surface area contributed by atoms with Gasteiger partial charge in [-0.15, -0.1) is 26.3 Å². The molecule has 15 heavy (non-hydrogen) atoms. The second-order valence-corrected chi connectivity index (χ2v) is 4.05. The molecular formula is C15H30. The van der Waals surface area contributed by atoms with E-state index in [2.05, 4.69) is 40.2 Å². The van der Waals surface area contributed by atoms with Crippen LogP contribution in [0.1, 0.15) is 47.0 Å². The Morgan fingerprint density at radius 1 is 0.733 bits per heavy atom. The highest BCUT2D eigenvalue weighted by atomic mass is 14.5. The van der Waals surface area contributed by atoms with Crippen LogP contribution in [0.5, 0.6) is 0 Å². The molecule has 2 bridgehead atoms. The second-order valence-electron chi connectivity index (χ2n) is 4.05. The third-order valence-electron chi connectivity index (χ3n) is 3.83. The number of fused-ring (bicyclic) bond motifs is 2. The third kappa shape index (κ3) is 4.24. The van der Waals surface area contributed by atoms with Gasteiger partial charge in [0.1, 0.15) is 0 Å². The van der Waals surface area contributed by atoms with Crippen molar-refractivity contribution in [2.45, 2.75) is 47.0 Å². The quantitative estimate of drug-likeness (QED) is 0.475. The summed E-state index contributed by atoms with van der Waals surface area (Å²) in [7, 11) is 0. The van der Waals surface area contributed by atoms with Crippen molar-refractivity contribution in [1.82, 2.24) is 0 Å². The van der Waals surface area contributed by atoms with E-state index in [0.717, 1.165) is 23.7 Å². The summed E-state index contributed by atoms with van der Waals surface area (Å²) in [5.41, 5.74) is 0. The first-order valence-electron chi connectivity index (χ1n) is 6.29. The zero-order valence-electron chi connectivity index (χ0n) is 11.3. The SMILES string of the molecule is C=C.C=C.CC.CC1C2CCC(C2)C1C. The van der Waals surface area contributed by atoms with E-state index in [1.165, 1.54) is 12.8 Å². The molecule has 2 fully saturated rings. The Bertz CT molecular complexity index is 119. The van der Waals surface area contributed by atoms with E-state index < -0.39 is 0 Å². The molecule has 0 heteroatoms. The summed E-state index contributed by atoms with van der Waals surface area (Å²) < 4.78 is 0. The molecule has 0 aromatic carbocycles. The van der Waals surface area contributed by atoms with Gasteiger partial charge in [0.05, 0.1) is 0 Å². The van der Waals surface area contributed by atoms with Crippen molar-refractivity contribution < 1.29 is 0 Å². The standard InChI is InChI=1S/C9H16.C2H6.2C2H4/c1-6-7(2)9-4-3-8(6)5-9;3*1-2/h6-9H,3-5H2,1-2H3;1-2H3;2*1-2H2. The predicted octanol–water partition coefficient (Wildman–Crippen LogP) is 5.32. The minimum absolute atomic E-state index is 1.05. The lowest BCUT2D eigenvalue weighted by atomic mass is 9.82. The molecule has 2 saturated carbocycles. The van der Waals surface area contributed by atoms with E-state index >= 15 is 0 Å². The highest BCUT2D eigenvalue weighted by molar-refractivity contribution is 4.92. The number of hydrogen-bond acceptors (Lipinski definition) is 0. The molecule has 0 amide bonds. The largest absolute Gasteiger partial charge is 0.106 e. The molecule has 0 aromatic heterocycles. The van der Waals surface area contributed by atoms with Crippen LogP contribution in [0.3, 0.4) is 0 Å². The normalized spacial score (nSPS) is 34.9. The molecule has 2 aliphatic rings. The first-order chi connectivity index (χ1) is 7.29. The highest BCUT2D eigenvalue weighted by Crippen LogP contribution is 2.51. The Morgan fingerprint density at radius 3 is 1.13 bits per heavy atom. The summed E-state index contributed by atoms with van der Waals surface area (Å²) in [5, 5.41) is 0. The monoisotopic (exact) mass is 210 g/mol. The molecule has 4 unspecified atom stereocenters. The summed E-state index contributed by atoms with van der Waals surface area (Å²) >= 11 is 0. The van der Waals surface area contributed by atoms with Gasteiger partial charge in [-0.2, -0.15) is 0 Å². The van der Waals surface area contributed by atoms with Gasteiger partial charge in [-0.25, -0.2) is 0 Å². The van der Waals surface area contributed by atoms with Crippen molar-refractivity contribution in [2.24, 2.45) is 23.7 Å². The Balaban J connectivity index is 0. The van der Waals surface area contributed by atoms with Gasteiger partial charge in [-0.1, -0.05) is 27.7 Å². The fraction of sp³-hybridized carbons (Fsp3) is 0.733. The van der Waals surface area contributed by atoms with Gasteiger partial charge >= 0.3 is 0 Å². The first-order valence-corrected chi connectivity index (χ1v) is 6.29. The lowest BCUT2D eigenvalue weighted by Crippen LogP contribution is -2.15. The van der Waals surface area contributed by atoms with E-state index in [-0.39, 0.29) is 0 Å². The van der Waals surface area contributed by atoms with Crippen LogP contribution in [0.2, 0.25) is 0 Å². The molecule has 0 nitrogen and oxygen atoms in total. The molecular weight excluding hydrogens is 180 g/mol.